The van der Waals surface area contributed by atoms with Gasteiger partial charge in [0.2, 0.25) is 5.89 Å². The number of hydrogen-bond donors (Lipinski definition) is 0. The first-order valence-electron chi connectivity index (χ1n) is 7.86. The second kappa shape index (κ2) is 6.67. The monoisotopic (exact) mass is 362 g/mol. The van der Waals surface area contributed by atoms with Gasteiger partial charge >= 0.3 is 0 Å². The molecule has 1 aliphatic carbocycles. The second-order valence-electron chi connectivity index (χ2n) is 5.96. The molecule has 1 fully saturated rings. The Morgan fingerprint density at radius 3 is 2.83 bits per heavy atom. The molecule has 3 nitrogen and oxygen atoms in total. The van der Waals surface area contributed by atoms with Crippen LogP contribution in [-0.2, 0) is 13.1 Å². The van der Waals surface area contributed by atoms with E-state index in [-0.39, 0.29) is 5.82 Å². The quantitative estimate of drug-likeness (QED) is 0.591. The molecule has 0 aliphatic heterocycles. The highest BCUT2D eigenvalue weighted by Gasteiger charge is 2.30. The molecule has 1 aromatic carbocycles. The predicted molar refractivity (Wildman–Crippen MR) is 93.5 cm³/mol. The lowest BCUT2D eigenvalue weighted by Gasteiger charge is -2.21. The molecule has 124 valence electrons. The van der Waals surface area contributed by atoms with E-state index in [1.165, 1.54) is 6.07 Å². The zero-order valence-corrected chi connectivity index (χ0v) is 14.5. The van der Waals surface area contributed by atoms with Crippen LogP contribution in [-0.4, -0.2) is 15.9 Å². The van der Waals surface area contributed by atoms with Crippen LogP contribution >= 0.6 is 22.9 Å². The van der Waals surface area contributed by atoms with Gasteiger partial charge in [-0.15, -0.1) is 11.3 Å². The minimum Gasteiger partial charge on any atom is -0.444 e. The Balaban J connectivity index is 1.52. The molecule has 0 atom stereocenters. The summed E-state index contributed by atoms with van der Waals surface area (Å²) in [6.07, 6.45) is 3.94. The molecule has 2 aromatic heterocycles. The Labute approximate surface area is 148 Å². The van der Waals surface area contributed by atoms with Gasteiger partial charge in [-0.1, -0.05) is 23.7 Å². The number of thiophene rings is 1. The molecular formula is C18H16ClFN2OS. The average molecular weight is 363 g/mol. The predicted octanol–water partition coefficient (Wildman–Crippen LogP) is 5.36. The van der Waals surface area contributed by atoms with Crippen molar-refractivity contribution < 1.29 is 8.81 Å². The lowest BCUT2D eigenvalue weighted by molar-refractivity contribution is 0.239. The van der Waals surface area contributed by atoms with Gasteiger partial charge in [-0.2, -0.15) is 0 Å². The Morgan fingerprint density at radius 1 is 1.25 bits per heavy atom. The van der Waals surface area contributed by atoms with E-state index in [9.17, 15) is 4.39 Å². The summed E-state index contributed by atoms with van der Waals surface area (Å²) in [5, 5.41) is 2.47. The van der Waals surface area contributed by atoms with E-state index in [1.54, 1.807) is 29.7 Å². The van der Waals surface area contributed by atoms with Crippen LogP contribution in [0.25, 0.3) is 10.8 Å². The molecule has 0 spiro atoms. The normalized spacial score (nSPS) is 14.5. The molecule has 1 aliphatic rings. The van der Waals surface area contributed by atoms with Gasteiger partial charge < -0.3 is 4.42 Å². The third-order valence-electron chi connectivity index (χ3n) is 4.13. The van der Waals surface area contributed by atoms with Gasteiger partial charge in [0, 0.05) is 29.7 Å². The summed E-state index contributed by atoms with van der Waals surface area (Å²) in [6, 6.07) is 9.24. The van der Waals surface area contributed by atoms with Gasteiger partial charge in [0.1, 0.15) is 12.1 Å². The molecule has 0 unspecified atom stereocenters. The van der Waals surface area contributed by atoms with Crippen LogP contribution < -0.4 is 0 Å². The highest BCUT2D eigenvalue weighted by Crippen LogP contribution is 2.32. The van der Waals surface area contributed by atoms with Crippen LogP contribution in [0.1, 0.15) is 24.1 Å². The second-order valence-corrected chi connectivity index (χ2v) is 7.31. The molecule has 3 aromatic rings. The van der Waals surface area contributed by atoms with Crippen LogP contribution in [0.4, 0.5) is 4.39 Å². The van der Waals surface area contributed by atoms with Crippen LogP contribution in [0.3, 0.4) is 0 Å². The van der Waals surface area contributed by atoms with Crippen molar-refractivity contribution in [3.63, 3.8) is 0 Å². The van der Waals surface area contributed by atoms with Gasteiger partial charge in [-0.3, -0.25) is 4.90 Å². The summed E-state index contributed by atoms with van der Waals surface area (Å²) >= 11 is 7.77. The molecule has 24 heavy (non-hydrogen) atoms. The van der Waals surface area contributed by atoms with Crippen molar-refractivity contribution in [2.45, 2.75) is 32.0 Å². The summed E-state index contributed by atoms with van der Waals surface area (Å²) in [5.41, 5.74) is 1.41. The minimum atomic E-state index is -0.257. The maximum absolute atomic E-state index is 14.1. The molecule has 1 saturated carbocycles. The molecule has 2 heterocycles. The van der Waals surface area contributed by atoms with E-state index in [0.717, 1.165) is 23.4 Å². The first kappa shape index (κ1) is 15.8. The Kier molecular flexibility index (Phi) is 4.39. The van der Waals surface area contributed by atoms with Crippen molar-refractivity contribution in [2.24, 2.45) is 0 Å². The Hall–Kier alpha value is -1.69. The molecule has 6 heteroatoms. The third-order valence-corrected chi connectivity index (χ3v) is 5.35. The van der Waals surface area contributed by atoms with Crippen molar-refractivity contribution >= 4 is 22.9 Å². The Morgan fingerprint density at radius 2 is 2.12 bits per heavy atom. The van der Waals surface area contributed by atoms with Crippen molar-refractivity contribution in [1.29, 1.82) is 0 Å². The van der Waals surface area contributed by atoms with Gasteiger partial charge in [-0.05, 0) is 36.4 Å². The number of benzene rings is 1. The largest absolute Gasteiger partial charge is 0.444 e. The third kappa shape index (κ3) is 3.38. The van der Waals surface area contributed by atoms with E-state index in [2.05, 4.69) is 9.88 Å². The highest BCUT2D eigenvalue weighted by atomic mass is 35.5. The summed E-state index contributed by atoms with van der Waals surface area (Å²) in [6.45, 7) is 1.11. The lowest BCUT2D eigenvalue weighted by Crippen LogP contribution is -2.26. The molecule has 0 saturated heterocycles. The fourth-order valence-corrected chi connectivity index (χ4v) is 3.62. The molecule has 0 amide bonds. The zero-order chi connectivity index (χ0) is 16.5. The SMILES string of the molecule is Fc1cccc(Cl)c1CN(Cc1coc(-c2cccs2)n1)C1CC1. The van der Waals surface area contributed by atoms with Crippen LogP contribution in [0.15, 0.2) is 46.4 Å². The smallest absolute Gasteiger partial charge is 0.236 e. The molecule has 0 radical (unpaired) electrons. The summed E-state index contributed by atoms with van der Waals surface area (Å²) in [4.78, 5) is 7.80. The summed E-state index contributed by atoms with van der Waals surface area (Å²) in [7, 11) is 0. The van der Waals surface area contributed by atoms with Gasteiger partial charge in [0.05, 0.1) is 10.6 Å². The molecule has 0 bridgehead atoms. The van der Waals surface area contributed by atoms with Crippen LogP contribution in [0.2, 0.25) is 5.02 Å². The standard InChI is InChI=1S/C18H16ClFN2OS/c19-15-3-1-4-16(20)14(15)10-22(13-6-7-13)9-12-11-23-18(21-12)17-5-2-8-24-17/h1-5,8,11,13H,6-7,9-10H2. The first-order valence-corrected chi connectivity index (χ1v) is 9.11. The number of aromatic nitrogens is 1. The summed E-state index contributed by atoms with van der Waals surface area (Å²) in [5.74, 6) is 0.382. The van der Waals surface area contributed by atoms with Gasteiger partial charge in [0.15, 0.2) is 0 Å². The average Bonchev–Trinajstić information content (AvgIpc) is 3.08. The van der Waals surface area contributed by atoms with Crippen LogP contribution in [0.5, 0.6) is 0 Å². The molecule has 4 rings (SSSR count). The topological polar surface area (TPSA) is 29.3 Å². The minimum absolute atomic E-state index is 0.257. The maximum atomic E-state index is 14.1. The Bertz CT molecular complexity index is 809. The van der Waals surface area contributed by atoms with E-state index >= 15 is 0 Å². The van der Waals surface area contributed by atoms with Crippen molar-refractivity contribution in [3.8, 4) is 10.8 Å². The van der Waals surface area contributed by atoms with E-state index in [1.807, 2.05) is 17.5 Å². The molecular weight excluding hydrogens is 347 g/mol. The number of oxazole rings is 1. The number of nitrogens with zero attached hydrogens (tertiary/aromatic N) is 2. The fourth-order valence-electron chi connectivity index (χ4n) is 2.74. The number of halogens is 2. The summed E-state index contributed by atoms with van der Waals surface area (Å²) < 4.78 is 19.7. The van der Waals surface area contributed by atoms with Crippen molar-refractivity contribution in [1.82, 2.24) is 9.88 Å². The highest BCUT2D eigenvalue weighted by molar-refractivity contribution is 7.13. The van der Waals surface area contributed by atoms with Gasteiger partial charge in [-0.25, -0.2) is 9.37 Å². The van der Waals surface area contributed by atoms with E-state index in [4.69, 9.17) is 16.0 Å². The maximum Gasteiger partial charge on any atom is 0.236 e. The zero-order valence-electron chi connectivity index (χ0n) is 12.9. The van der Waals surface area contributed by atoms with Crippen molar-refractivity contribution in [2.75, 3.05) is 0 Å². The van der Waals surface area contributed by atoms with E-state index in [0.29, 0.717) is 35.6 Å². The lowest BCUT2D eigenvalue weighted by atomic mass is 10.2. The van der Waals surface area contributed by atoms with Crippen LogP contribution in [0, 0.1) is 5.82 Å². The number of rotatable bonds is 6. The first-order chi connectivity index (χ1) is 11.7. The van der Waals surface area contributed by atoms with Gasteiger partial charge in [0.25, 0.3) is 0 Å². The van der Waals surface area contributed by atoms with E-state index < -0.39 is 0 Å². The fraction of sp³-hybridized carbons (Fsp3) is 0.278. The van der Waals surface area contributed by atoms with Crippen molar-refractivity contribution in [3.05, 3.63) is 64.1 Å². The number of hydrogen-bond acceptors (Lipinski definition) is 4. The molecule has 0 N–H and O–H groups in total.